The summed E-state index contributed by atoms with van der Waals surface area (Å²) in [4.78, 5) is 27.6. The van der Waals surface area contributed by atoms with E-state index in [1.807, 2.05) is 0 Å². The van der Waals surface area contributed by atoms with Gasteiger partial charge in [0, 0.05) is 25.5 Å². The zero-order chi connectivity index (χ0) is 18.8. The van der Waals surface area contributed by atoms with Crippen molar-refractivity contribution in [2.45, 2.75) is 6.54 Å². The second-order valence-corrected chi connectivity index (χ2v) is 5.19. The largest absolute Gasteiger partial charge is 0.475 e. The van der Waals surface area contributed by atoms with Crippen molar-refractivity contribution < 1.29 is 23.8 Å². The normalized spacial score (nSPS) is 10.1. The number of nitrogens with zero attached hydrogens (tertiary/aromatic N) is 1. The highest BCUT2D eigenvalue weighted by Crippen LogP contribution is 2.15. The summed E-state index contributed by atoms with van der Waals surface area (Å²) in [5.41, 5.74) is 1.83. The van der Waals surface area contributed by atoms with Gasteiger partial charge in [0.05, 0.1) is 13.7 Å². The molecule has 138 valence electrons. The van der Waals surface area contributed by atoms with E-state index in [9.17, 15) is 9.59 Å². The van der Waals surface area contributed by atoms with E-state index in [-0.39, 0.29) is 11.8 Å². The lowest BCUT2D eigenvalue weighted by Gasteiger charge is -2.11. The van der Waals surface area contributed by atoms with Crippen molar-refractivity contribution in [2.24, 2.45) is 0 Å². The molecular formula is C18H21N3O5. The fourth-order valence-corrected chi connectivity index (χ4v) is 2.05. The standard InChI is InChI=1S/C18H21N3O5/c1-24-10-11-26-17-15(4-3-9-19-17)16(22)20-12-13-5-7-14(8-6-13)21-18(23)25-2/h3-9H,10-12H2,1-2H3,(H,20,22)(H,21,23). The van der Waals surface area contributed by atoms with Gasteiger partial charge < -0.3 is 19.5 Å². The second-order valence-electron chi connectivity index (χ2n) is 5.19. The lowest BCUT2D eigenvalue weighted by molar-refractivity contribution is 0.0941. The van der Waals surface area contributed by atoms with Crippen molar-refractivity contribution in [1.82, 2.24) is 10.3 Å². The van der Waals surface area contributed by atoms with E-state index < -0.39 is 6.09 Å². The van der Waals surface area contributed by atoms with Gasteiger partial charge in [-0.05, 0) is 29.8 Å². The first-order valence-electron chi connectivity index (χ1n) is 7.93. The van der Waals surface area contributed by atoms with E-state index in [1.165, 1.54) is 7.11 Å². The molecule has 0 unspecified atom stereocenters. The third kappa shape index (κ3) is 5.75. The predicted molar refractivity (Wildman–Crippen MR) is 95.2 cm³/mol. The summed E-state index contributed by atoms with van der Waals surface area (Å²) in [5, 5.41) is 5.37. The van der Waals surface area contributed by atoms with Crippen molar-refractivity contribution in [3.8, 4) is 5.88 Å². The van der Waals surface area contributed by atoms with E-state index in [0.29, 0.717) is 31.0 Å². The third-order valence-electron chi connectivity index (χ3n) is 3.38. The molecule has 0 saturated carbocycles. The summed E-state index contributed by atoms with van der Waals surface area (Å²) in [6.45, 7) is 1.04. The molecule has 0 saturated heterocycles. The van der Waals surface area contributed by atoms with Crippen LogP contribution in [0.5, 0.6) is 5.88 Å². The van der Waals surface area contributed by atoms with E-state index in [1.54, 1.807) is 49.7 Å². The van der Waals surface area contributed by atoms with Gasteiger partial charge in [-0.15, -0.1) is 0 Å². The van der Waals surface area contributed by atoms with Gasteiger partial charge in [-0.3, -0.25) is 10.1 Å². The quantitative estimate of drug-likeness (QED) is 0.701. The number of pyridine rings is 1. The molecule has 26 heavy (non-hydrogen) atoms. The first kappa shape index (κ1) is 19.2. The number of carbonyl (C=O) groups excluding carboxylic acids is 2. The zero-order valence-electron chi connectivity index (χ0n) is 14.7. The number of hydrogen-bond acceptors (Lipinski definition) is 6. The van der Waals surface area contributed by atoms with Crippen LogP contribution < -0.4 is 15.4 Å². The number of benzene rings is 1. The van der Waals surface area contributed by atoms with Crippen LogP contribution in [0.15, 0.2) is 42.6 Å². The lowest BCUT2D eigenvalue weighted by atomic mass is 10.2. The van der Waals surface area contributed by atoms with Crippen molar-refractivity contribution in [3.05, 3.63) is 53.7 Å². The summed E-state index contributed by atoms with van der Waals surface area (Å²) in [6, 6.07) is 10.4. The minimum absolute atomic E-state index is 0.264. The first-order chi connectivity index (χ1) is 12.6. The molecule has 2 aromatic rings. The summed E-state index contributed by atoms with van der Waals surface area (Å²) in [5.74, 6) is -0.0260. The molecule has 1 aromatic heterocycles. The number of anilines is 1. The Kier molecular flexibility index (Phi) is 7.38. The van der Waals surface area contributed by atoms with Gasteiger partial charge in [0.15, 0.2) is 0 Å². The van der Waals surface area contributed by atoms with Crippen molar-refractivity contribution >= 4 is 17.7 Å². The molecule has 0 spiro atoms. The van der Waals surface area contributed by atoms with Gasteiger partial charge in [0.25, 0.3) is 5.91 Å². The smallest absolute Gasteiger partial charge is 0.411 e. The Balaban J connectivity index is 1.93. The molecular weight excluding hydrogens is 338 g/mol. The summed E-state index contributed by atoms with van der Waals surface area (Å²) < 4.78 is 14.9. The number of nitrogens with one attached hydrogen (secondary N) is 2. The Hall–Kier alpha value is -3.13. The zero-order valence-corrected chi connectivity index (χ0v) is 14.7. The van der Waals surface area contributed by atoms with E-state index >= 15 is 0 Å². The number of carbonyl (C=O) groups is 2. The Labute approximate surface area is 151 Å². The van der Waals surface area contributed by atoms with Crippen LogP contribution in [-0.2, 0) is 16.0 Å². The van der Waals surface area contributed by atoms with Gasteiger partial charge in [-0.25, -0.2) is 9.78 Å². The Morgan fingerprint density at radius 3 is 2.54 bits per heavy atom. The molecule has 0 atom stereocenters. The highest BCUT2D eigenvalue weighted by atomic mass is 16.5. The molecule has 0 radical (unpaired) electrons. The van der Waals surface area contributed by atoms with Crippen molar-refractivity contribution in [2.75, 3.05) is 32.8 Å². The monoisotopic (exact) mass is 359 g/mol. The van der Waals surface area contributed by atoms with E-state index in [4.69, 9.17) is 9.47 Å². The maximum atomic E-state index is 12.4. The van der Waals surface area contributed by atoms with Crippen LogP contribution in [0.4, 0.5) is 10.5 Å². The minimum atomic E-state index is -0.538. The third-order valence-corrected chi connectivity index (χ3v) is 3.38. The van der Waals surface area contributed by atoms with Crippen LogP contribution in [0.3, 0.4) is 0 Å². The highest BCUT2D eigenvalue weighted by molar-refractivity contribution is 5.96. The summed E-state index contributed by atoms with van der Waals surface area (Å²) in [7, 11) is 2.87. The van der Waals surface area contributed by atoms with Gasteiger partial charge in [-0.1, -0.05) is 12.1 Å². The first-order valence-corrected chi connectivity index (χ1v) is 7.93. The fourth-order valence-electron chi connectivity index (χ4n) is 2.05. The van der Waals surface area contributed by atoms with Crippen LogP contribution in [0.25, 0.3) is 0 Å². The lowest BCUT2D eigenvalue weighted by Crippen LogP contribution is -2.24. The molecule has 2 rings (SSSR count). The van der Waals surface area contributed by atoms with Gasteiger partial charge >= 0.3 is 6.09 Å². The molecule has 8 heteroatoms. The number of amides is 2. The van der Waals surface area contributed by atoms with Crippen LogP contribution in [-0.4, -0.2) is 44.4 Å². The molecule has 0 fully saturated rings. The van der Waals surface area contributed by atoms with E-state index in [2.05, 4.69) is 20.4 Å². The maximum absolute atomic E-state index is 12.4. The van der Waals surface area contributed by atoms with Crippen LogP contribution >= 0.6 is 0 Å². The van der Waals surface area contributed by atoms with Crippen molar-refractivity contribution in [3.63, 3.8) is 0 Å². The predicted octanol–water partition coefficient (Wildman–Crippen LogP) is 2.22. The van der Waals surface area contributed by atoms with E-state index in [0.717, 1.165) is 5.56 Å². The fraction of sp³-hybridized carbons (Fsp3) is 0.278. The van der Waals surface area contributed by atoms with Crippen LogP contribution in [0.1, 0.15) is 15.9 Å². The topological polar surface area (TPSA) is 98.8 Å². The second kappa shape index (κ2) is 10.00. The Bertz CT molecular complexity index is 734. The SMILES string of the molecule is COCCOc1ncccc1C(=O)NCc1ccc(NC(=O)OC)cc1. The molecule has 0 bridgehead atoms. The molecule has 1 aromatic carbocycles. The number of ether oxygens (including phenoxy) is 3. The van der Waals surface area contributed by atoms with Gasteiger partial charge in [0.2, 0.25) is 5.88 Å². The number of hydrogen-bond donors (Lipinski definition) is 2. The number of aromatic nitrogens is 1. The number of methoxy groups -OCH3 is 2. The molecule has 2 N–H and O–H groups in total. The number of rotatable bonds is 8. The van der Waals surface area contributed by atoms with Gasteiger partial charge in [0.1, 0.15) is 12.2 Å². The highest BCUT2D eigenvalue weighted by Gasteiger charge is 2.13. The molecule has 8 nitrogen and oxygen atoms in total. The van der Waals surface area contributed by atoms with Crippen LogP contribution in [0.2, 0.25) is 0 Å². The molecule has 1 heterocycles. The van der Waals surface area contributed by atoms with Gasteiger partial charge in [-0.2, -0.15) is 0 Å². The Morgan fingerprint density at radius 1 is 1.08 bits per heavy atom. The molecule has 0 aliphatic carbocycles. The summed E-state index contributed by atoms with van der Waals surface area (Å²) >= 11 is 0. The average Bonchev–Trinajstić information content (AvgIpc) is 2.67. The van der Waals surface area contributed by atoms with Crippen LogP contribution in [0, 0.1) is 0 Å². The average molecular weight is 359 g/mol. The van der Waals surface area contributed by atoms with Crippen molar-refractivity contribution in [1.29, 1.82) is 0 Å². The molecule has 2 amide bonds. The summed E-state index contributed by atoms with van der Waals surface area (Å²) in [6.07, 6.45) is 1.02. The Morgan fingerprint density at radius 2 is 1.85 bits per heavy atom. The maximum Gasteiger partial charge on any atom is 0.411 e. The molecule has 0 aliphatic heterocycles. The minimum Gasteiger partial charge on any atom is -0.475 e. The molecule has 0 aliphatic rings.